The third kappa shape index (κ3) is 3.04. The molecule has 1 aliphatic rings. The van der Waals surface area contributed by atoms with Crippen molar-refractivity contribution in [2.75, 3.05) is 0 Å². The van der Waals surface area contributed by atoms with Gasteiger partial charge in [-0.05, 0) is 60.9 Å². The van der Waals surface area contributed by atoms with Gasteiger partial charge >= 0.3 is 0 Å². The summed E-state index contributed by atoms with van der Waals surface area (Å²) in [7, 11) is -1.62. The Kier molecular flexibility index (Phi) is 4.41. The fourth-order valence-electron chi connectivity index (χ4n) is 5.42. The summed E-state index contributed by atoms with van der Waals surface area (Å²) in [6.45, 7) is 4.98. The first kappa shape index (κ1) is 19.3. The first-order chi connectivity index (χ1) is 15.6. The Balaban J connectivity index is 1.37. The van der Waals surface area contributed by atoms with Crippen LogP contribution in [-0.2, 0) is 6.42 Å². The van der Waals surface area contributed by atoms with Crippen LogP contribution < -0.4 is 10.4 Å². The van der Waals surface area contributed by atoms with Gasteiger partial charge in [0, 0.05) is 0 Å². The van der Waals surface area contributed by atoms with E-state index in [9.17, 15) is 0 Å². The van der Waals surface area contributed by atoms with Crippen molar-refractivity contribution in [1.82, 2.24) is 0 Å². The molecule has 0 atom stereocenters. The molecular weight excluding hydrogens is 400 g/mol. The van der Waals surface area contributed by atoms with Gasteiger partial charge in [0.25, 0.3) is 0 Å². The number of hydrogen-bond donors (Lipinski definition) is 0. The minimum atomic E-state index is -1.62. The highest BCUT2D eigenvalue weighted by Gasteiger charge is 2.37. The summed E-state index contributed by atoms with van der Waals surface area (Å²) in [6.07, 6.45) is 0.965. The van der Waals surface area contributed by atoms with E-state index in [0.29, 0.717) is 0 Å². The van der Waals surface area contributed by atoms with E-state index in [1.54, 1.807) is 10.4 Å². The molecule has 154 valence electrons. The van der Waals surface area contributed by atoms with E-state index in [2.05, 4.69) is 122 Å². The van der Waals surface area contributed by atoms with Crippen LogP contribution in [0.1, 0.15) is 11.1 Å². The van der Waals surface area contributed by atoms with Gasteiger partial charge in [0.15, 0.2) is 0 Å². The molecule has 5 aromatic rings. The summed E-state index contributed by atoms with van der Waals surface area (Å²) in [5, 5.41) is 5.77. The summed E-state index contributed by atoms with van der Waals surface area (Å²) in [5.74, 6) is 0. The molecule has 0 N–H and O–H groups in total. The molecular formula is C31H26Si. The fourth-order valence-corrected chi connectivity index (χ4v) is 8.56. The minimum absolute atomic E-state index is 0.965. The molecule has 0 spiro atoms. The van der Waals surface area contributed by atoms with Crippen molar-refractivity contribution in [1.29, 1.82) is 0 Å². The highest BCUT2D eigenvalue weighted by Crippen LogP contribution is 2.31. The summed E-state index contributed by atoms with van der Waals surface area (Å²) < 4.78 is 0. The van der Waals surface area contributed by atoms with Crippen LogP contribution in [0.5, 0.6) is 0 Å². The van der Waals surface area contributed by atoms with Crippen LogP contribution in [0.4, 0.5) is 0 Å². The van der Waals surface area contributed by atoms with Crippen LogP contribution in [0.3, 0.4) is 0 Å². The second-order valence-corrected chi connectivity index (χ2v) is 13.8. The van der Waals surface area contributed by atoms with Crippen molar-refractivity contribution in [2.45, 2.75) is 19.5 Å². The molecule has 0 radical (unpaired) electrons. The predicted molar refractivity (Wildman–Crippen MR) is 141 cm³/mol. The third-order valence-corrected chi connectivity index (χ3v) is 10.6. The molecule has 5 aromatic carbocycles. The highest BCUT2D eigenvalue weighted by molar-refractivity contribution is 7.03. The molecule has 0 aliphatic carbocycles. The van der Waals surface area contributed by atoms with Gasteiger partial charge < -0.3 is 0 Å². The fraction of sp³-hybridized carbons (Fsp3) is 0.0968. The summed E-state index contributed by atoms with van der Waals surface area (Å²) in [5.41, 5.74) is 8.28. The lowest BCUT2D eigenvalue weighted by molar-refractivity contribution is 1.20. The Labute approximate surface area is 191 Å². The van der Waals surface area contributed by atoms with Gasteiger partial charge in [0.2, 0.25) is 0 Å². The zero-order valence-electron chi connectivity index (χ0n) is 18.6. The molecule has 1 aliphatic heterocycles. The van der Waals surface area contributed by atoms with Crippen molar-refractivity contribution < 1.29 is 0 Å². The average Bonchev–Trinajstić information content (AvgIpc) is 3.06. The summed E-state index contributed by atoms with van der Waals surface area (Å²) in [6, 6.07) is 40.5. The zero-order valence-corrected chi connectivity index (χ0v) is 19.6. The molecule has 6 rings (SSSR count). The van der Waals surface area contributed by atoms with Crippen LogP contribution in [0.2, 0.25) is 13.1 Å². The Bertz CT molecular complexity index is 1470. The maximum absolute atomic E-state index is 2.49. The third-order valence-electron chi connectivity index (χ3n) is 7.08. The van der Waals surface area contributed by atoms with Crippen LogP contribution in [0, 0.1) is 0 Å². The van der Waals surface area contributed by atoms with E-state index in [-0.39, 0.29) is 0 Å². The molecule has 32 heavy (non-hydrogen) atoms. The van der Waals surface area contributed by atoms with Gasteiger partial charge in [-0.1, -0.05) is 122 Å². The molecule has 1 heteroatoms. The van der Waals surface area contributed by atoms with E-state index in [1.165, 1.54) is 44.2 Å². The molecule has 0 bridgehead atoms. The molecule has 0 saturated heterocycles. The summed E-state index contributed by atoms with van der Waals surface area (Å²) >= 11 is 0. The average molecular weight is 427 g/mol. The number of benzene rings is 5. The molecule has 0 saturated carbocycles. The molecule has 1 heterocycles. The molecule has 0 unspecified atom stereocenters. The van der Waals surface area contributed by atoms with Crippen molar-refractivity contribution in [3.05, 3.63) is 120 Å². The quantitative estimate of drug-likeness (QED) is 0.275. The molecule has 0 amide bonds. The number of hydrogen-bond acceptors (Lipinski definition) is 0. The lowest BCUT2D eigenvalue weighted by Crippen LogP contribution is -2.49. The van der Waals surface area contributed by atoms with Gasteiger partial charge in [-0.3, -0.25) is 0 Å². The number of fused-ring (bicyclic) bond motifs is 4. The molecule has 0 fully saturated rings. The van der Waals surface area contributed by atoms with E-state index in [1.807, 2.05) is 0 Å². The predicted octanol–water partition coefficient (Wildman–Crippen LogP) is 6.90. The van der Waals surface area contributed by atoms with Gasteiger partial charge in [-0.15, -0.1) is 0 Å². The maximum Gasteiger partial charge on any atom is 0.113 e. The van der Waals surface area contributed by atoms with Gasteiger partial charge in [0.1, 0.15) is 8.07 Å². The Hall–Kier alpha value is -3.42. The largest absolute Gasteiger partial charge is 0.113 e. The SMILES string of the molecule is C[Si]1(C)c2ccccc2-c2ccc(Cc3cccc(-c4cccc5ccccc45)c3)cc21. The number of rotatable bonds is 3. The van der Waals surface area contributed by atoms with Crippen molar-refractivity contribution in [2.24, 2.45) is 0 Å². The summed E-state index contributed by atoms with van der Waals surface area (Å²) in [4.78, 5) is 0. The second-order valence-electron chi connectivity index (χ2n) is 9.45. The maximum atomic E-state index is 2.49. The van der Waals surface area contributed by atoms with Crippen molar-refractivity contribution in [3.8, 4) is 22.3 Å². The Morgan fingerprint density at radius 1 is 0.531 bits per heavy atom. The van der Waals surface area contributed by atoms with Gasteiger partial charge in [0.05, 0.1) is 0 Å². The van der Waals surface area contributed by atoms with Crippen molar-refractivity contribution in [3.63, 3.8) is 0 Å². The van der Waals surface area contributed by atoms with Crippen LogP contribution in [0.25, 0.3) is 33.0 Å². The zero-order chi connectivity index (χ0) is 21.7. The van der Waals surface area contributed by atoms with Crippen LogP contribution >= 0.6 is 0 Å². The second kappa shape index (κ2) is 7.32. The van der Waals surface area contributed by atoms with Crippen molar-refractivity contribution >= 4 is 29.2 Å². The highest BCUT2D eigenvalue weighted by atomic mass is 28.3. The van der Waals surface area contributed by atoms with Crippen LogP contribution in [-0.4, -0.2) is 8.07 Å². The first-order valence-electron chi connectivity index (χ1n) is 11.4. The smallest absolute Gasteiger partial charge is 0.0623 e. The first-order valence-corrected chi connectivity index (χ1v) is 14.4. The Morgan fingerprint density at radius 2 is 1.22 bits per heavy atom. The molecule has 0 aromatic heterocycles. The van der Waals surface area contributed by atoms with E-state index >= 15 is 0 Å². The molecule has 0 nitrogen and oxygen atoms in total. The van der Waals surface area contributed by atoms with Crippen LogP contribution in [0.15, 0.2) is 109 Å². The van der Waals surface area contributed by atoms with E-state index < -0.39 is 8.07 Å². The van der Waals surface area contributed by atoms with E-state index in [4.69, 9.17) is 0 Å². The lowest BCUT2D eigenvalue weighted by atomic mass is 9.95. The normalized spacial score (nSPS) is 13.7. The Morgan fingerprint density at radius 3 is 2.16 bits per heavy atom. The topological polar surface area (TPSA) is 0 Å². The standard InChI is InChI=1S/C31H26Si/c1-32(2)30-16-6-5-14-28(30)29-18-17-23(21-31(29)32)19-22-9-7-12-25(20-22)27-15-8-11-24-10-3-4-13-26(24)27/h3-18,20-21H,19H2,1-2H3. The van der Waals surface area contributed by atoms with E-state index in [0.717, 1.165) is 6.42 Å². The van der Waals surface area contributed by atoms with Gasteiger partial charge in [-0.25, -0.2) is 0 Å². The lowest BCUT2D eigenvalue weighted by Gasteiger charge is -2.19. The van der Waals surface area contributed by atoms with Gasteiger partial charge in [-0.2, -0.15) is 0 Å². The minimum Gasteiger partial charge on any atom is -0.0623 e. The monoisotopic (exact) mass is 426 g/mol.